The van der Waals surface area contributed by atoms with Crippen molar-refractivity contribution in [2.24, 2.45) is 0 Å². The zero-order valence-electron chi connectivity index (χ0n) is 19.5. The number of fused-ring (bicyclic) bond motifs is 2. The number of anilines is 2. The average molecular weight is 475 g/mol. The maximum atomic E-state index is 14.1. The van der Waals surface area contributed by atoms with Crippen molar-refractivity contribution in [2.45, 2.75) is 30.6 Å². The van der Waals surface area contributed by atoms with E-state index in [0.29, 0.717) is 29.2 Å². The second-order valence-corrected chi connectivity index (χ2v) is 9.43. The molecule has 0 spiro atoms. The predicted molar refractivity (Wildman–Crippen MR) is 133 cm³/mol. The number of aliphatic hydroxyl groups excluding tert-OH is 1. The molecule has 0 fully saturated rings. The van der Waals surface area contributed by atoms with Gasteiger partial charge in [0, 0.05) is 29.7 Å². The van der Waals surface area contributed by atoms with Gasteiger partial charge in [0.05, 0.1) is 30.4 Å². The van der Waals surface area contributed by atoms with Crippen molar-refractivity contribution in [1.82, 2.24) is 24.5 Å². The summed E-state index contributed by atoms with van der Waals surface area (Å²) in [6.07, 6.45) is 7.15. The first-order chi connectivity index (χ1) is 16.6. The molecule has 5 rings (SSSR count). The molecule has 3 aromatic rings. The summed E-state index contributed by atoms with van der Waals surface area (Å²) >= 11 is 0. The quantitative estimate of drug-likeness (QED) is 0.345. The highest BCUT2D eigenvalue weighted by atomic mass is 19.1. The molecule has 0 aromatic carbocycles. The van der Waals surface area contributed by atoms with Crippen molar-refractivity contribution >= 4 is 33.1 Å². The van der Waals surface area contributed by atoms with Crippen LogP contribution in [0.4, 0.5) is 15.8 Å². The molecular weight excluding hydrogens is 451 g/mol. The van der Waals surface area contributed by atoms with Crippen molar-refractivity contribution in [1.29, 1.82) is 0 Å². The number of rotatable bonds is 4. The number of hydrogen-bond acceptors (Lipinski definition) is 9. The average Bonchev–Trinajstić information content (AvgIpc) is 2.81. The van der Waals surface area contributed by atoms with E-state index in [1.54, 1.807) is 23.2 Å². The van der Waals surface area contributed by atoms with E-state index in [2.05, 4.69) is 25.7 Å². The molecule has 0 saturated carbocycles. The van der Waals surface area contributed by atoms with Crippen molar-refractivity contribution in [3.8, 4) is 0 Å². The van der Waals surface area contributed by atoms with Crippen molar-refractivity contribution < 1.29 is 14.6 Å². The van der Waals surface area contributed by atoms with Crippen LogP contribution in [0.5, 0.6) is 0 Å². The van der Waals surface area contributed by atoms with Crippen LogP contribution >= 0.6 is 0 Å². The summed E-state index contributed by atoms with van der Waals surface area (Å²) in [5.74, 6) is -0.0863. The summed E-state index contributed by atoms with van der Waals surface area (Å²) in [6, 6.07) is 4.49. The van der Waals surface area contributed by atoms with Gasteiger partial charge < -0.3 is 15.5 Å². The molecule has 0 aliphatic carbocycles. The highest BCUT2D eigenvalue weighted by Gasteiger charge is 2.53. The van der Waals surface area contributed by atoms with Crippen molar-refractivity contribution in [2.75, 3.05) is 17.3 Å². The summed E-state index contributed by atoms with van der Waals surface area (Å²) < 4.78 is 15.5. The molecule has 178 valence electrons. The Kier molecular flexibility index (Phi) is 5.50. The molecule has 35 heavy (non-hydrogen) atoms. The number of nitrogens with zero attached hydrogens (tertiary/aromatic N) is 5. The molecule has 2 unspecified atom stereocenters. The van der Waals surface area contributed by atoms with E-state index < -0.39 is 29.7 Å². The lowest BCUT2D eigenvalue weighted by Gasteiger charge is -2.56. The van der Waals surface area contributed by atoms with Gasteiger partial charge in [-0.3, -0.25) is 25.1 Å². The lowest BCUT2D eigenvalue weighted by molar-refractivity contribution is -0.178. The molecule has 10 nitrogen and oxygen atoms in total. The Labute approximate surface area is 202 Å². The Bertz CT molecular complexity index is 1400. The van der Waals surface area contributed by atoms with Gasteiger partial charge in [-0.25, -0.2) is 14.1 Å². The molecule has 13 heteroatoms. The van der Waals surface area contributed by atoms with Crippen LogP contribution < -0.4 is 16.3 Å². The van der Waals surface area contributed by atoms with Crippen molar-refractivity contribution in [3.63, 3.8) is 0 Å². The highest BCUT2D eigenvalue weighted by Crippen LogP contribution is 2.42. The van der Waals surface area contributed by atoms with Gasteiger partial charge in [0.2, 0.25) is 0 Å². The van der Waals surface area contributed by atoms with Crippen molar-refractivity contribution in [3.05, 3.63) is 81.8 Å². The summed E-state index contributed by atoms with van der Waals surface area (Å²) in [4.78, 5) is 26.7. The third-order valence-corrected chi connectivity index (χ3v) is 6.50. The number of aromatic nitrogens is 4. The predicted octanol–water partition coefficient (Wildman–Crippen LogP) is -1.18. The zero-order valence-corrected chi connectivity index (χ0v) is 19.5. The molecule has 2 aliphatic heterocycles. The van der Waals surface area contributed by atoms with Crippen LogP contribution in [0.3, 0.4) is 0 Å². The van der Waals surface area contributed by atoms with Gasteiger partial charge >= 0.3 is 0 Å². The number of hydrogen-bond donors (Lipinski definition) is 4. The second kappa shape index (κ2) is 8.29. The monoisotopic (exact) mass is 475 g/mol. The molecule has 0 saturated heterocycles. The van der Waals surface area contributed by atoms with Gasteiger partial charge in [0.15, 0.2) is 17.4 Å². The summed E-state index contributed by atoms with van der Waals surface area (Å²) in [5.41, 5.74) is 3.44. The van der Waals surface area contributed by atoms with E-state index in [9.17, 15) is 19.4 Å². The third kappa shape index (κ3) is 3.81. The minimum absolute atomic E-state index is 0.207. The Morgan fingerprint density at radius 2 is 2.09 bits per heavy atom. The fourth-order valence-electron chi connectivity index (χ4n) is 4.95. The Morgan fingerprint density at radius 3 is 2.83 bits per heavy atom. The lowest BCUT2D eigenvalue weighted by atomic mass is 9.55. The Hall–Kier alpha value is -3.54. The van der Waals surface area contributed by atoms with Crippen LogP contribution in [-0.4, -0.2) is 68.5 Å². The fraction of sp³-hybridized carbons (Fsp3) is 0.273. The molecule has 2 aliphatic rings. The SMILES string of the molecule is BC1(B)Cc2ncc(Nc3ccncc3F)cc2C(O)(CO)N1C1Nn2c(nccc2=O)C=C1C. The first-order valence-corrected chi connectivity index (χ1v) is 11.2. The standard InChI is InChI=1S/C22H24B2FN7O3/c1-12-6-18-27-5-3-19(34)31(18)30-20(12)32-21(35,11-33)14-7-13(9-28-17(14)8-22(32,23)24)29-16-2-4-26-10-15(16)25/h2-7,9-10,20,30,33,35H,8,11,23-24H2,1H3,(H,26,29). The molecule has 0 amide bonds. The first-order valence-electron chi connectivity index (χ1n) is 11.2. The fourth-order valence-corrected chi connectivity index (χ4v) is 4.95. The number of aliphatic hydroxyl groups is 2. The van der Waals surface area contributed by atoms with E-state index in [1.807, 2.05) is 22.6 Å². The van der Waals surface area contributed by atoms with Crippen LogP contribution in [0.15, 0.2) is 53.4 Å². The molecular formula is C22H24B2FN7O3. The van der Waals surface area contributed by atoms with Gasteiger partial charge in [0.1, 0.15) is 21.9 Å². The Balaban J connectivity index is 1.59. The minimum Gasteiger partial charge on any atom is -0.392 e. The van der Waals surface area contributed by atoms with E-state index in [-0.39, 0.29) is 11.2 Å². The van der Waals surface area contributed by atoms with Gasteiger partial charge in [0.25, 0.3) is 5.56 Å². The zero-order chi connectivity index (χ0) is 25.0. The maximum absolute atomic E-state index is 14.1. The molecule has 0 bridgehead atoms. The van der Waals surface area contributed by atoms with E-state index in [1.165, 1.54) is 29.2 Å². The lowest BCUT2D eigenvalue weighted by Crippen LogP contribution is -2.71. The van der Waals surface area contributed by atoms with Crippen LogP contribution in [0, 0.1) is 5.82 Å². The first kappa shape index (κ1) is 23.2. The second-order valence-electron chi connectivity index (χ2n) is 9.43. The number of pyridine rings is 2. The van der Waals surface area contributed by atoms with Gasteiger partial charge in [-0.2, -0.15) is 0 Å². The van der Waals surface area contributed by atoms with E-state index in [0.717, 1.165) is 11.8 Å². The number of nitrogens with one attached hydrogen (secondary N) is 2. The molecule has 0 radical (unpaired) electrons. The largest absolute Gasteiger partial charge is 0.392 e. The highest BCUT2D eigenvalue weighted by molar-refractivity contribution is 6.40. The molecule has 2 atom stereocenters. The molecule has 5 heterocycles. The van der Waals surface area contributed by atoms with Crippen LogP contribution in [0.1, 0.15) is 24.0 Å². The van der Waals surface area contributed by atoms with Crippen LogP contribution in [0.25, 0.3) is 6.08 Å². The van der Waals surface area contributed by atoms with Gasteiger partial charge in [-0.15, -0.1) is 0 Å². The topological polar surface area (TPSA) is 128 Å². The van der Waals surface area contributed by atoms with Gasteiger partial charge in [-0.1, -0.05) is 0 Å². The van der Waals surface area contributed by atoms with Gasteiger partial charge in [-0.05, 0) is 42.5 Å². The molecule has 3 aromatic heterocycles. The number of halogens is 1. The van der Waals surface area contributed by atoms with E-state index >= 15 is 0 Å². The normalized spacial score (nSPS) is 23.0. The van der Waals surface area contributed by atoms with Crippen LogP contribution in [-0.2, 0) is 12.1 Å². The Morgan fingerprint density at radius 1 is 1.29 bits per heavy atom. The summed E-state index contributed by atoms with van der Waals surface area (Å²) in [5, 5.41) is 24.8. The maximum Gasteiger partial charge on any atom is 0.272 e. The van der Waals surface area contributed by atoms with Crippen LogP contribution in [0.2, 0.25) is 0 Å². The smallest absolute Gasteiger partial charge is 0.272 e. The van der Waals surface area contributed by atoms with E-state index in [4.69, 9.17) is 0 Å². The minimum atomic E-state index is -1.87. The third-order valence-electron chi connectivity index (χ3n) is 6.50. The molecule has 4 N–H and O–H groups in total. The summed E-state index contributed by atoms with van der Waals surface area (Å²) in [7, 11) is 3.88. The summed E-state index contributed by atoms with van der Waals surface area (Å²) in [6.45, 7) is 1.23.